The zero-order valence-electron chi connectivity index (χ0n) is 12.6. The molecule has 0 saturated carbocycles. The molecule has 0 aliphatic heterocycles. The Morgan fingerprint density at radius 3 is 1.65 bits per heavy atom. The Morgan fingerprint density at radius 2 is 1.17 bits per heavy atom. The summed E-state index contributed by atoms with van der Waals surface area (Å²) >= 11 is 0. The normalized spacial score (nSPS) is 11.4. The number of benzene rings is 3. The van der Waals surface area contributed by atoms with Crippen molar-refractivity contribution in [2.24, 2.45) is 0 Å². The van der Waals surface area contributed by atoms with Gasteiger partial charge in [0.15, 0.2) is 0 Å². The third-order valence-corrected chi connectivity index (χ3v) is 4.67. The number of aryl methyl sites for hydroxylation is 1. The summed E-state index contributed by atoms with van der Waals surface area (Å²) in [6.07, 6.45) is 0. The predicted molar refractivity (Wildman–Crippen MR) is 91.9 cm³/mol. The van der Waals surface area contributed by atoms with Gasteiger partial charge in [0, 0.05) is 5.56 Å². The molecule has 0 atom stereocenters. The van der Waals surface area contributed by atoms with Crippen LogP contribution >= 0.6 is 0 Å². The lowest BCUT2D eigenvalue weighted by atomic mass is 9.91. The van der Waals surface area contributed by atoms with E-state index in [-0.39, 0.29) is 4.90 Å². The van der Waals surface area contributed by atoms with E-state index in [1.807, 2.05) is 67.6 Å². The molecule has 0 amide bonds. The third-order valence-electron chi connectivity index (χ3n) is 3.78. The summed E-state index contributed by atoms with van der Waals surface area (Å²) in [5.74, 6) is 0. The molecule has 0 bridgehead atoms. The van der Waals surface area contributed by atoms with Crippen molar-refractivity contribution in [2.45, 2.75) is 11.8 Å². The summed E-state index contributed by atoms with van der Waals surface area (Å²) < 4.78 is 33.4. The Morgan fingerprint density at radius 1 is 0.696 bits per heavy atom. The SMILES string of the molecule is Cc1ccc(S(=O)(=O)O)c(-c2ccccc2)c1-c1ccccc1. The number of hydrogen-bond acceptors (Lipinski definition) is 2. The smallest absolute Gasteiger partial charge is 0.282 e. The van der Waals surface area contributed by atoms with Crippen LogP contribution in [0, 0.1) is 6.92 Å². The lowest BCUT2D eigenvalue weighted by Crippen LogP contribution is -2.03. The second-order valence-corrected chi connectivity index (χ2v) is 6.73. The van der Waals surface area contributed by atoms with E-state index in [1.165, 1.54) is 6.07 Å². The molecule has 3 nitrogen and oxygen atoms in total. The lowest BCUT2D eigenvalue weighted by Gasteiger charge is -2.16. The van der Waals surface area contributed by atoms with E-state index in [0.717, 1.165) is 22.3 Å². The summed E-state index contributed by atoms with van der Waals surface area (Å²) in [5.41, 5.74) is 3.95. The minimum absolute atomic E-state index is 0.0758. The first-order valence-electron chi connectivity index (χ1n) is 7.20. The molecule has 116 valence electrons. The molecule has 23 heavy (non-hydrogen) atoms. The third kappa shape index (κ3) is 3.04. The molecular formula is C19H16O3S. The maximum absolute atomic E-state index is 11.9. The van der Waals surface area contributed by atoms with Gasteiger partial charge in [-0.15, -0.1) is 0 Å². The van der Waals surface area contributed by atoms with E-state index in [4.69, 9.17) is 0 Å². The lowest BCUT2D eigenvalue weighted by molar-refractivity contribution is 0.483. The van der Waals surface area contributed by atoms with E-state index in [1.54, 1.807) is 6.07 Å². The van der Waals surface area contributed by atoms with Gasteiger partial charge in [0.1, 0.15) is 4.90 Å². The fourth-order valence-corrected chi connectivity index (χ4v) is 3.49. The highest BCUT2D eigenvalue weighted by Crippen LogP contribution is 2.39. The Labute approximate surface area is 136 Å². The van der Waals surface area contributed by atoms with Gasteiger partial charge < -0.3 is 0 Å². The summed E-state index contributed by atoms with van der Waals surface area (Å²) in [5, 5.41) is 0. The Bertz CT molecular complexity index is 931. The monoisotopic (exact) mass is 324 g/mol. The highest BCUT2D eigenvalue weighted by atomic mass is 32.2. The van der Waals surface area contributed by atoms with Gasteiger partial charge in [-0.05, 0) is 35.2 Å². The number of hydrogen-bond donors (Lipinski definition) is 1. The molecule has 0 saturated heterocycles. The summed E-state index contributed by atoms with van der Waals surface area (Å²) in [6, 6.07) is 22.0. The van der Waals surface area contributed by atoms with Crippen molar-refractivity contribution in [2.75, 3.05) is 0 Å². The minimum Gasteiger partial charge on any atom is -0.282 e. The van der Waals surface area contributed by atoms with Crippen LogP contribution in [0.25, 0.3) is 22.3 Å². The Kier molecular flexibility index (Phi) is 4.03. The summed E-state index contributed by atoms with van der Waals surface area (Å²) in [7, 11) is -4.33. The van der Waals surface area contributed by atoms with Crippen LogP contribution in [0.2, 0.25) is 0 Å². The van der Waals surface area contributed by atoms with Gasteiger partial charge in [0.25, 0.3) is 10.1 Å². The first-order chi connectivity index (χ1) is 11.0. The van der Waals surface area contributed by atoms with E-state index >= 15 is 0 Å². The Balaban J connectivity index is 2.44. The van der Waals surface area contributed by atoms with Crippen LogP contribution in [-0.4, -0.2) is 13.0 Å². The standard InChI is InChI=1S/C19H16O3S/c1-14-12-13-17(23(20,21)22)19(16-10-6-3-7-11-16)18(14)15-8-4-2-5-9-15/h2-13H,1H3,(H,20,21,22). The summed E-state index contributed by atoms with van der Waals surface area (Å²) in [4.78, 5) is -0.0758. The van der Waals surface area contributed by atoms with Crippen molar-refractivity contribution >= 4 is 10.1 Å². The van der Waals surface area contributed by atoms with Crippen molar-refractivity contribution in [3.05, 3.63) is 78.4 Å². The van der Waals surface area contributed by atoms with E-state index in [2.05, 4.69) is 0 Å². The van der Waals surface area contributed by atoms with Gasteiger partial charge in [-0.2, -0.15) is 8.42 Å². The first-order valence-corrected chi connectivity index (χ1v) is 8.64. The molecule has 0 radical (unpaired) electrons. The molecule has 0 unspecified atom stereocenters. The zero-order valence-corrected chi connectivity index (χ0v) is 13.4. The van der Waals surface area contributed by atoms with Crippen molar-refractivity contribution in [3.8, 4) is 22.3 Å². The molecule has 0 spiro atoms. The van der Waals surface area contributed by atoms with Crippen LogP contribution in [0.5, 0.6) is 0 Å². The van der Waals surface area contributed by atoms with Crippen molar-refractivity contribution < 1.29 is 13.0 Å². The van der Waals surface area contributed by atoms with E-state index in [0.29, 0.717) is 5.56 Å². The van der Waals surface area contributed by atoms with Gasteiger partial charge in [-0.3, -0.25) is 4.55 Å². The van der Waals surface area contributed by atoms with Crippen molar-refractivity contribution in [1.29, 1.82) is 0 Å². The molecule has 3 aromatic rings. The zero-order chi connectivity index (χ0) is 16.4. The van der Waals surface area contributed by atoms with Gasteiger partial charge in [0.2, 0.25) is 0 Å². The average Bonchev–Trinajstić information content (AvgIpc) is 2.55. The van der Waals surface area contributed by atoms with Crippen LogP contribution in [-0.2, 0) is 10.1 Å². The molecule has 0 heterocycles. The Hall–Kier alpha value is -2.43. The molecule has 0 aliphatic carbocycles. The minimum atomic E-state index is -4.33. The van der Waals surface area contributed by atoms with Crippen LogP contribution in [0.1, 0.15) is 5.56 Å². The molecule has 4 heteroatoms. The van der Waals surface area contributed by atoms with Gasteiger partial charge >= 0.3 is 0 Å². The van der Waals surface area contributed by atoms with Crippen LogP contribution in [0.4, 0.5) is 0 Å². The molecule has 3 rings (SSSR count). The maximum Gasteiger partial charge on any atom is 0.295 e. The van der Waals surface area contributed by atoms with Crippen LogP contribution in [0.3, 0.4) is 0 Å². The molecule has 3 aromatic carbocycles. The second-order valence-electron chi connectivity index (χ2n) is 5.34. The fraction of sp³-hybridized carbons (Fsp3) is 0.0526. The van der Waals surface area contributed by atoms with Gasteiger partial charge in [-0.25, -0.2) is 0 Å². The fourth-order valence-electron chi connectivity index (χ4n) is 2.77. The predicted octanol–water partition coefficient (Wildman–Crippen LogP) is 4.58. The molecule has 1 N–H and O–H groups in total. The van der Waals surface area contributed by atoms with Crippen LogP contribution < -0.4 is 0 Å². The largest absolute Gasteiger partial charge is 0.295 e. The van der Waals surface area contributed by atoms with Gasteiger partial charge in [0.05, 0.1) is 0 Å². The quantitative estimate of drug-likeness (QED) is 0.718. The highest BCUT2D eigenvalue weighted by Gasteiger charge is 2.21. The first kappa shape index (κ1) is 15.5. The van der Waals surface area contributed by atoms with E-state index in [9.17, 15) is 13.0 Å². The van der Waals surface area contributed by atoms with E-state index < -0.39 is 10.1 Å². The molecule has 0 fully saturated rings. The molecule has 0 aromatic heterocycles. The van der Waals surface area contributed by atoms with Crippen molar-refractivity contribution in [3.63, 3.8) is 0 Å². The molecule has 0 aliphatic rings. The highest BCUT2D eigenvalue weighted by molar-refractivity contribution is 7.86. The average molecular weight is 324 g/mol. The maximum atomic E-state index is 11.9. The second kappa shape index (κ2) is 5.99. The number of rotatable bonds is 3. The molecular weight excluding hydrogens is 308 g/mol. The van der Waals surface area contributed by atoms with Crippen molar-refractivity contribution in [1.82, 2.24) is 0 Å². The van der Waals surface area contributed by atoms with Crippen LogP contribution in [0.15, 0.2) is 77.7 Å². The summed E-state index contributed by atoms with van der Waals surface area (Å²) in [6.45, 7) is 1.93. The van der Waals surface area contributed by atoms with Gasteiger partial charge in [-0.1, -0.05) is 66.7 Å². The topological polar surface area (TPSA) is 54.4 Å².